The van der Waals surface area contributed by atoms with Crippen LogP contribution in [0.4, 0.5) is 0 Å². The summed E-state index contributed by atoms with van der Waals surface area (Å²) >= 11 is 0. The Bertz CT molecular complexity index is 894. The highest BCUT2D eigenvalue weighted by Crippen LogP contribution is 2.48. The van der Waals surface area contributed by atoms with Gasteiger partial charge in [0.15, 0.2) is 11.5 Å². The van der Waals surface area contributed by atoms with E-state index in [1.807, 2.05) is 0 Å². The molecule has 0 amide bonds. The third-order valence-corrected chi connectivity index (χ3v) is 4.85. The third kappa shape index (κ3) is 3.46. The van der Waals surface area contributed by atoms with Crippen molar-refractivity contribution in [3.8, 4) is 17.2 Å². The van der Waals surface area contributed by atoms with Crippen LogP contribution in [0.5, 0.6) is 17.2 Å². The molecule has 0 radical (unpaired) electrons. The molecule has 0 bridgehead atoms. The highest BCUT2D eigenvalue weighted by molar-refractivity contribution is 5.73. The molecule has 0 spiro atoms. The molecule has 8 nitrogen and oxygen atoms in total. The summed E-state index contributed by atoms with van der Waals surface area (Å²) in [7, 11) is 1.38. The number of aryl methyl sites for hydroxylation is 1. The number of methoxy groups -OCH3 is 1. The van der Waals surface area contributed by atoms with E-state index in [0.717, 1.165) is 0 Å². The Balaban J connectivity index is 2.06. The van der Waals surface area contributed by atoms with E-state index in [1.54, 1.807) is 19.1 Å². The van der Waals surface area contributed by atoms with Crippen molar-refractivity contribution in [2.75, 3.05) is 7.11 Å². The zero-order chi connectivity index (χ0) is 20.4. The van der Waals surface area contributed by atoms with Gasteiger partial charge in [-0.25, -0.2) is 0 Å². The number of hydrogen-bond donors (Lipinski definition) is 3. The molecule has 0 saturated carbocycles. The average molecular weight is 388 g/mol. The summed E-state index contributed by atoms with van der Waals surface area (Å²) in [4.78, 5) is 23.0. The predicted molar refractivity (Wildman–Crippen MR) is 96.1 cm³/mol. The average Bonchev–Trinajstić information content (AvgIpc) is 3.04. The van der Waals surface area contributed by atoms with Crippen LogP contribution < -0.4 is 4.74 Å². The summed E-state index contributed by atoms with van der Waals surface area (Å²) in [5.74, 6) is -2.21. The second kappa shape index (κ2) is 7.77. The van der Waals surface area contributed by atoms with Crippen molar-refractivity contribution < 1.29 is 39.1 Å². The van der Waals surface area contributed by atoms with Crippen LogP contribution in [-0.4, -0.2) is 41.0 Å². The van der Waals surface area contributed by atoms with Gasteiger partial charge in [0.05, 0.1) is 7.11 Å². The van der Waals surface area contributed by atoms with Gasteiger partial charge in [-0.2, -0.15) is 0 Å². The van der Waals surface area contributed by atoms with Gasteiger partial charge in [-0.3, -0.25) is 9.59 Å². The molecule has 1 aliphatic rings. The SMILES string of the molecule is COc1cc(C2OC(c3ccc(O)c(C)c3)C(OC=O)C2C(=O)O)ccc1O. The molecule has 1 heterocycles. The van der Waals surface area contributed by atoms with Crippen molar-refractivity contribution in [3.05, 3.63) is 53.1 Å². The summed E-state index contributed by atoms with van der Waals surface area (Å²) in [5.41, 5.74) is 1.61. The molecule has 1 fully saturated rings. The number of hydrogen-bond acceptors (Lipinski definition) is 7. The van der Waals surface area contributed by atoms with Crippen molar-refractivity contribution in [2.24, 2.45) is 5.92 Å². The molecule has 0 aromatic heterocycles. The van der Waals surface area contributed by atoms with E-state index in [1.165, 1.54) is 31.4 Å². The molecule has 148 valence electrons. The first-order chi connectivity index (χ1) is 13.4. The fourth-order valence-electron chi connectivity index (χ4n) is 3.45. The van der Waals surface area contributed by atoms with Gasteiger partial charge in [-0.15, -0.1) is 0 Å². The fraction of sp³-hybridized carbons (Fsp3) is 0.300. The van der Waals surface area contributed by atoms with Crippen molar-refractivity contribution >= 4 is 12.4 Å². The maximum atomic E-state index is 12.0. The monoisotopic (exact) mass is 388 g/mol. The number of carbonyl (C=O) groups is 2. The van der Waals surface area contributed by atoms with Gasteiger partial charge in [-0.05, 0) is 47.9 Å². The zero-order valence-corrected chi connectivity index (χ0v) is 15.2. The first-order valence-corrected chi connectivity index (χ1v) is 8.51. The minimum atomic E-state index is -1.19. The Morgan fingerprint density at radius 1 is 1.07 bits per heavy atom. The normalized spacial score (nSPS) is 23.9. The predicted octanol–water partition coefficient (Wildman–Crippen LogP) is 2.47. The van der Waals surface area contributed by atoms with Gasteiger partial charge >= 0.3 is 5.97 Å². The molecule has 3 N–H and O–H groups in total. The molecule has 1 saturated heterocycles. The Morgan fingerprint density at radius 2 is 1.71 bits per heavy atom. The molecule has 1 aliphatic heterocycles. The molecule has 0 aliphatic carbocycles. The van der Waals surface area contributed by atoms with Crippen LogP contribution >= 0.6 is 0 Å². The highest BCUT2D eigenvalue weighted by atomic mass is 16.6. The maximum absolute atomic E-state index is 12.0. The third-order valence-electron chi connectivity index (χ3n) is 4.85. The van der Waals surface area contributed by atoms with Crippen molar-refractivity contribution in [2.45, 2.75) is 25.2 Å². The standard InChI is InChI=1S/C20H20O8/c1-10-7-11(3-5-13(10)22)18-19(27-9-21)16(20(24)25)17(28-18)12-4-6-14(23)15(8-12)26-2/h3-9,16-19,22-23H,1-2H3,(H,24,25). The molecule has 2 aromatic rings. The van der Waals surface area contributed by atoms with E-state index in [9.17, 15) is 24.9 Å². The van der Waals surface area contributed by atoms with Crippen LogP contribution in [0.15, 0.2) is 36.4 Å². The number of phenolic OH excluding ortho intramolecular Hbond substituents is 2. The van der Waals surface area contributed by atoms with Crippen LogP contribution in [0.3, 0.4) is 0 Å². The van der Waals surface area contributed by atoms with Crippen LogP contribution in [-0.2, 0) is 19.1 Å². The summed E-state index contributed by atoms with van der Waals surface area (Å²) in [6, 6.07) is 9.11. The lowest BCUT2D eigenvalue weighted by Gasteiger charge is -2.20. The molecule has 8 heteroatoms. The Kier molecular flexibility index (Phi) is 5.41. The lowest BCUT2D eigenvalue weighted by Crippen LogP contribution is -2.31. The first kappa shape index (κ1) is 19.5. The Hall–Kier alpha value is -3.26. The lowest BCUT2D eigenvalue weighted by atomic mass is 9.89. The van der Waals surface area contributed by atoms with Crippen LogP contribution in [0, 0.1) is 12.8 Å². The number of rotatable bonds is 6. The molecule has 3 rings (SSSR count). The van der Waals surface area contributed by atoms with Gasteiger partial charge in [-0.1, -0.05) is 12.1 Å². The molecule has 28 heavy (non-hydrogen) atoms. The number of ether oxygens (including phenoxy) is 3. The molecule has 2 aromatic carbocycles. The first-order valence-electron chi connectivity index (χ1n) is 8.51. The topological polar surface area (TPSA) is 123 Å². The van der Waals surface area contributed by atoms with E-state index in [-0.39, 0.29) is 23.7 Å². The van der Waals surface area contributed by atoms with Gasteiger partial charge in [0.1, 0.15) is 30.0 Å². The number of benzene rings is 2. The summed E-state index contributed by atoms with van der Waals surface area (Å²) < 4.78 is 16.2. The van der Waals surface area contributed by atoms with Gasteiger partial charge < -0.3 is 29.5 Å². The van der Waals surface area contributed by atoms with Crippen molar-refractivity contribution in [3.63, 3.8) is 0 Å². The summed E-state index contributed by atoms with van der Waals surface area (Å²) in [6.07, 6.45) is -2.88. The van der Waals surface area contributed by atoms with Crippen LogP contribution in [0.1, 0.15) is 28.9 Å². The van der Waals surface area contributed by atoms with Crippen molar-refractivity contribution in [1.29, 1.82) is 0 Å². The van der Waals surface area contributed by atoms with Gasteiger partial charge in [0.25, 0.3) is 6.47 Å². The molecular weight excluding hydrogens is 368 g/mol. The van der Waals surface area contributed by atoms with E-state index in [0.29, 0.717) is 16.7 Å². The molecular formula is C20H20O8. The Labute approximate surface area is 160 Å². The second-order valence-electron chi connectivity index (χ2n) is 6.52. The zero-order valence-electron chi connectivity index (χ0n) is 15.2. The minimum absolute atomic E-state index is 0.0872. The number of carbonyl (C=O) groups excluding carboxylic acids is 1. The number of phenols is 2. The largest absolute Gasteiger partial charge is 0.508 e. The molecule has 4 atom stereocenters. The second-order valence-corrected chi connectivity index (χ2v) is 6.52. The highest BCUT2D eigenvalue weighted by Gasteiger charge is 2.51. The smallest absolute Gasteiger partial charge is 0.313 e. The summed E-state index contributed by atoms with van der Waals surface area (Å²) in [6.45, 7) is 1.89. The van der Waals surface area contributed by atoms with Crippen LogP contribution in [0.25, 0.3) is 0 Å². The molecule has 4 unspecified atom stereocenters. The Morgan fingerprint density at radius 3 is 2.29 bits per heavy atom. The van der Waals surface area contributed by atoms with Gasteiger partial charge in [0, 0.05) is 0 Å². The van der Waals surface area contributed by atoms with Crippen LogP contribution in [0.2, 0.25) is 0 Å². The number of carboxylic acids is 1. The number of carboxylic acid groups (broad SMARTS) is 1. The van der Waals surface area contributed by atoms with E-state index in [4.69, 9.17) is 14.2 Å². The number of aromatic hydroxyl groups is 2. The lowest BCUT2D eigenvalue weighted by molar-refractivity contribution is -0.150. The van der Waals surface area contributed by atoms with E-state index in [2.05, 4.69) is 0 Å². The van der Waals surface area contributed by atoms with Crippen molar-refractivity contribution in [1.82, 2.24) is 0 Å². The fourth-order valence-corrected chi connectivity index (χ4v) is 3.45. The number of aliphatic carboxylic acids is 1. The summed E-state index contributed by atoms with van der Waals surface area (Å²) in [5, 5.41) is 29.3. The van der Waals surface area contributed by atoms with Gasteiger partial charge in [0.2, 0.25) is 0 Å². The quantitative estimate of drug-likeness (QED) is 0.645. The minimum Gasteiger partial charge on any atom is -0.508 e. The van der Waals surface area contributed by atoms with E-state index >= 15 is 0 Å². The van der Waals surface area contributed by atoms with E-state index < -0.39 is 30.2 Å². The maximum Gasteiger partial charge on any atom is 0.313 e.